The van der Waals surface area contributed by atoms with Crippen LogP contribution in [0.3, 0.4) is 0 Å². The number of ether oxygens (including phenoxy) is 1. The summed E-state index contributed by atoms with van der Waals surface area (Å²) in [6, 6.07) is -0.897. The van der Waals surface area contributed by atoms with E-state index in [1.165, 1.54) is 23.1 Å². The van der Waals surface area contributed by atoms with Gasteiger partial charge in [0.25, 0.3) is 0 Å². The van der Waals surface area contributed by atoms with Crippen LogP contribution >= 0.6 is 23.1 Å². The van der Waals surface area contributed by atoms with Crippen LogP contribution in [0.2, 0.25) is 0 Å². The van der Waals surface area contributed by atoms with Crippen molar-refractivity contribution in [3.8, 4) is 0 Å². The molecule has 3 N–H and O–H groups in total. The van der Waals surface area contributed by atoms with Crippen molar-refractivity contribution in [2.45, 2.75) is 44.9 Å². The lowest BCUT2D eigenvalue weighted by atomic mass is 10.1. The molecule has 2 rings (SSSR count). The van der Waals surface area contributed by atoms with Crippen molar-refractivity contribution < 1.29 is 19.1 Å². The van der Waals surface area contributed by atoms with Crippen molar-refractivity contribution >= 4 is 51.2 Å². The minimum atomic E-state index is -0.897. The molecule has 0 bridgehead atoms. The molecule has 0 unspecified atom stereocenters. The lowest BCUT2D eigenvalue weighted by molar-refractivity contribution is -0.120. The average Bonchev–Trinajstić information content (AvgIpc) is 2.88. The van der Waals surface area contributed by atoms with Gasteiger partial charge in [-0.05, 0) is 32.3 Å². The number of aromatic nitrogens is 2. The van der Waals surface area contributed by atoms with Crippen molar-refractivity contribution in [2.24, 2.45) is 11.7 Å². The van der Waals surface area contributed by atoms with E-state index in [2.05, 4.69) is 15.3 Å². The van der Waals surface area contributed by atoms with E-state index in [0.717, 1.165) is 5.39 Å². The molecule has 0 radical (unpaired) electrons. The van der Waals surface area contributed by atoms with Crippen LogP contribution in [0.5, 0.6) is 0 Å². The summed E-state index contributed by atoms with van der Waals surface area (Å²) in [5.41, 5.74) is 5.79. The first-order valence-electron chi connectivity index (χ1n) is 8.37. The van der Waals surface area contributed by atoms with E-state index in [4.69, 9.17) is 10.5 Å². The molecule has 1 atom stereocenters. The molecule has 2 aromatic heterocycles. The lowest BCUT2D eigenvalue weighted by Crippen LogP contribution is -2.42. The number of fused-ring (bicyclic) bond motifs is 1. The van der Waals surface area contributed by atoms with Crippen molar-refractivity contribution in [1.82, 2.24) is 15.3 Å². The molecule has 27 heavy (non-hydrogen) atoms. The van der Waals surface area contributed by atoms with E-state index in [0.29, 0.717) is 26.1 Å². The van der Waals surface area contributed by atoms with Crippen LogP contribution < -0.4 is 11.1 Å². The number of thioether (sulfide) groups is 1. The molecule has 0 saturated heterocycles. The van der Waals surface area contributed by atoms with Gasteiger partial charge in [-0.15, -0.1) is 11.3 Å². The number of primary amides is 1. The second kappa shape index (κ2) is 8.66. The highest BCUT2D eigenvalue weighted by molar-refractivity contribution is 8.00. The highest BCUT2D eigenvalue weighted by Gasteiger charge is 2.28. The summed E-state index contributed by atoms with van der Waals surface area (Å²) in [6.07, 6.45) is 0. The molecular weight excluding hydrogens is 388 g/mol. The third-order valence-electron chi connectivity index (χ3n) is 3.68. The fourth-order valence-electron chi connectivity index (χ4n) is 2.49. The molecule has 0 fully saturated rings. The van der Waals surface area contributed by atoms with E-state index in [9.17, 15) is 14.4 Å². The third-order valence-corrected chi connectivity index (χ3v) is 6.38. The maximum absolute atomic E-state index is 12.4. The van der Waals surface area contributed by atoms with Crippen molar-refractivity contribution in [3.63, 3.8) is 0 Å². The fraction of sp³-hybridized carbons (Fsp3) is 0.471. The van der Waals surface area contributed by atoms with E-state index in [-0.39, 0.29) is 12.5 Å². The Morgan fingerprint density at radius 1 is 1.26 bits per heavy atom. The van der Waals surface area contributed by atoms with Crippen LogP contribution in [0.1, 0.15) is 41.8 Å². The maximum atomic E-state index is 12.4. The number of nitrogens with zero attached hydrogens (tertiary/aromatic N) is 2. The molecule has 0 aromatic carbocycles. The molecule has 0 saturated carbocycles. The average molecular weight is 411 g/mol. The van der Waals surface area contributed by atoms with E-state index < -0.39 is 23.2 Å². The Kier molecular flexibility index (Phi) is 6.77. The Morgan fingerprint density at radius 2 is 1.93 bits per heavy atom. The number of nitrogens with one attached hydrogen (secondary N) is 1. The van der Waals surface area contributed by atoms with Gasteiger partial charge in [-0.2, -0.15) is 0 Å². The van der Waals surface area contributed by atoms with Crippen LogP contribution in [-0.4, -0.2) is 39.7 Å². The molecular formula is C17H22N4O4S2. The van der Waals surface area contributed by atoms with E-state index >= 15 is 0 Å². The van der Waals surface area contributed by atoms with Gasteiger partial charge in [-0.25, -0.2) is 19.6 Å². The summed E-state index contributed by atoms with van der Waals surface area (Å²) >= 11 is 2.47. The van der Waals surface area contributed by atoms with Gasteiger partial charge in [0.2, 0.25) is 5.91 Å². The predicted octanol–water partition coefficient (Wildman–Crippen LogP) is 2.80. The van der Waals surface area contributed by atoms with Crippen LogP contribution in [0.15, 0.2) is 5.03 Å². The summed E-state index contributed by atoms with van der Waals surface area (Å²) in [6.45, 7) is 9.32. The Labute approximate surface area is 165 Å². The quantitative estimate of drug-likeness (QED) is 0.426. The van der Waals surface area contributed by atoms with Crippen molar-refractivity contribution in [1.29, 1.82) is 0 Å². The minimum absolute atomic E-state index is 0.0804. The second-order valence-corrected chi connectivity index (χ2v) is 8.30. The normalized spacial score (nSPS) is 12.2. The Hall–Kier alpha value is -2.20. The predicted molar refractivity (Wildman–Crippen MR) is 105 cm³/mol. The number of hydrogen-bond acceptors (Lipinski definition) is 8. The number of carbonyl (C=O) groups excluding carboxylic acids is 3. The Balaban J connectivity index is 2.52. The number of hydrogen-bond donors (Lipinski definition) is 2. The monoisotopic (exact) mass is 410 g/mol. The number of nitrogens with two attached hydrogens (primary N) is 1. The second-order valence-electron chi connectivity index (χ2n) is 6.17. The summed E-state index contributed by atoms with van der Waals surface area (Å²) < 4.78 is 5.11. The van der Waals surface area contributed by atoms with Crippen LogP contribution in [-0.2, 0) is 9.53 Å². The van der Waals surface area contributed by atoms with Gasteiger partial charge in [0, 0.05) is 5.39 Å². The van der Waals surface area contributed by atoms with E-state index in [1.54, 1.807) is 13.8 Å². The Bertz CT molecular complexity index is 895. The lowest BCUT2D eigenvalue weighted by Gasteiger charge is -2.19. The van der Waals surface area contributed by atoms with Crippen LogP contribution in [0, 0.1) is 19.8 Å². The van der Waals surface area contributed by atoms with Gasteiger partial charge in [-0.1, -0.05) is 25.6 Å². The van der Waals surface area contributed by atoms with Gasteiger partial charge in [0.15, 0.2) is 0 Å². The summed E-state index contributed by atoms with van der Waals surface area (Å²) in [4.78, 5) is 45.6. The van der Waals surface area contributed by atoms with Crippen molar-refractivity contribution in [3.05, 3.63) is 16.3 Å². The molecule has 10 heteroatoms. The van der Waals surface area contributed by atoms with Gasteiger partial charge >= 0.3 is 12.0 Å². The zero-order chi connectivity index (χ0) is 20.3. The SMILES string of the molecule is CCOC(=O)c1sc2nc(C)nc(S[C@@H](C(=O)NC(N)=O)C(C)C)c2c1C. The molecule has 8 nitrogen and oxygen atoms in total. The van der Waals surface area contributed by atoms with Gasteiger partial charge in [0.05, 0.1) is 11.9 Å². The van der Waals surface area contributed by atoms with Gasteiger partial charge < -0.3 is 10.5 Å². The summed E-state index contributed by atoms with van der Waals surface area (Å²) in [7, 11) is 0. The smallest absolute Gasteiger partial charge is 0.348 e. The molecule has 2 heterocycles. The van der Waals surface area contributed by atoms with Crippen molar-refractivity contribution in [2.75, 3.05) is 6.61 Å². The molecule has 146 valence electrons. The number of aryl methyl sites for hydroxylation is 2. The molecule has 0 spiro atoms. The molecule has 2 aromatic rings. The number of esters is 1. The molecule has 0 aliphatic carbocycles. The maximum Gasteiger partial charge on any atom is 0.348 e. The first-order chi connectivity index (χ1) is 12.6. The standard InChI is InChI=1S/C17H22N4O4S2/c1-6-25-16(23)12-8(4)10-14(19-9(5)20-15(10)27-12)26-11(7(2)3)13(22)21-17(18)24/h7,11H,6H2,1-5H3,(H3,18,21,22,24)/t11-/m1/s1. The first-order valence-corrected chi connectivity index (χ1v) is 10.1. The van der Waals surface area contributed by atoms with E-state index in [1.807, 2.05) is 20.8 Å². The number of carbonyl (C=O) groups is 3. The minimum Gasteiger partial charge on any atom is -0.462 e. The molecule has 0 aliphatic rings. The zero-order valence-corrected chi connectivity index (χ0v) is 17.4. The highest BCUT2D eigenvalue weighted by atomic mass is 32.2. The Morgan fingerprint density at radius 3 is 2.48 bits per heavy atom. The fourth-order valence-corrected chi connectivity index (χ4v) is 4.90. The first kappa shape index (κ1) is 21.1. The number of amides is 3. The van der Waals surface area contributed by atoms with Crippen LogP contribution in [0.4, 0.5) is 4.79 Å². The third kappa shape index (κ3) is 4.75. The number of imide groups is 1. The molecule has 0 aliphatic heterocycles. The summed E-state index contributed by atoms with van der Waals surface area (Å²) in [5.74, 6) is -0.438. The number of thiophene rings is 1. The number of urea groups is 1. The zero-order valence-electron chi connectivity index (χ0n) is 15.8. The summed E-state index contributed by atoms with van der Waals surface area (Å²) in [5, 5.41) is 2.85. The highest BCUT2D eigenvalue weighted by Crippen LogP contribution is 2.38. The number of rotatable bonds is 6. The topological polar surface area (TPSA) is 124 Å². The van der Waals surface area contributed by atoms with Gasteiger partial charge in [-0.3, -0.25) is 10.1 Å². The molecule has 3 amide bonds. The van der Waals surface area contributed by atoms with Gasteiger partial charge in [0.1, 0.15) is 20.6 Å². The van der Waals surface area contributed by atoms with Crippen LogP contribution in [0.25, 0.3) is 10.2 Å². The largest absolute Gasteiger partial charge is 0.462 e.